The monoisotopic (exact) mass is 689 g/mol. The van der Waals surface area contributed by atoms with Gasteiger partial charge in [-0.25, -0.2) is 0 Å². The number of nitroso groups, excluding NO2 is 3. The number of aromatic hydroxyl groups is 1. The van der Waals surface area contributed by atoms with Crippen molar-refractivity contribution in [1.29, 1.82) is 0 Å². The third kappa shape index (κ3) is 5.29. The van der Waals surface area contributed by atoms with Crippen LogP contribution in [0.25, 0.3) is 21.5 Å². The minimum atomic E-state index is -5.25. The Morgan fingerprint density at radius 2 is 1.20 bits per heavy atom. The average Bonchev–Trinajstić information content (AvgIpc) is 2.93. The quantitative estimate of drug-likeness (QED) is 0.0470. The van der Waals surface area contributed by atoms with E-state index < -0.39 is 105 Å². The summed E-state index contributed by atoms with van der Waals surface area (Å²) in [6, 6.07) is 6.18. The summed E-state index contributed by atoms with van der Waals surface area (Å²) in [5.74, 6) is -1.06. The highest BCUT2D eigenvalue weighted by Crippen LogP contribution is 2.65. The topological polar surface area (TPSA) is 348 Å². The number of phenols is 1. The van der Waals surface area contributed by atoms with E-state index in [1.807, 2.05) is 0 Å². The van der Waals surface area contributed by atoms with Gasteiger partial charge in [0.1, 0.15) is 31.8 Å². The Hall–Kier alpha value is -4.72. The Labute approximate surface area is 246 Å². The first kappa shape index (κ1) is 32.2. The molecule has 24 heteroatoms. The Morgan fingerprint density at radius 1 is 0.636 bits per heavy atom. The van der Waals surface area contributed by atoms with Crippen LogP contribution in [0.5, 0.6) is 5.75 Å². The summed E-state index contributed by atoms with van der Waals surface area (Å²) in [4.78, 5) is 31.3. The fraction of sp³-hybridized carbons (Fsp3) is 0. The second kappa shape index (κ2) is 10.8. The van der Waals surface area contributed by atoms with E-state index in [2.05, 4.69) is 24.0 Å². The lowest BCUT2D eigenvalue weighted by Crippen LogP contribution is -2.05. The van der Waals surface area contributed by atoms with Crippen molar-refractivity contribution in [1.82, 2.24) is 0 Å². The second-order valence-corrected chi connectivity index (χ2v) is 14.6. The van der Waals surface area contributed by atoms with Crippen LogP contribution in [0.1, 0.15) is 0 Å². The van der Waals surface area contributed by atoms with Gasteiger partial charge in [0, 0.05) is 24.5 Å². The predicted octanol–water partition coefficient (Wildman–Crippen LogP) is 4.23. The molecule has 0 spiro atoms. The lowest BCUT2D eigenvalue weighted by Gasteiger charge is -2.20. The molecule has 0 heterocycles. The number of fused-ring (bicyclic) bond motifs is 2. The first-order chi connectivity index (χ1) is 20.3. The Bertz CT molecular complexity index is 2290. The summed E-state index contributed by atoms with van der Waals surface area (Å²) >= 11 is 0. The minimum absolute atomic E-state index is 0.369. The number of azo groups is 1. The number of anilines is 2. The zero-order valence-corrected chi connectivity index (χ0v) is 24.3. The van der Waals surface area contributed by atoms with Crippen molar-refractivity contribution in [2.45, 2.75) is 19.6 Å². The van der Waals surface area contributed by atoms with Gasteiger partial charge in [-0.15, -0.1) is 24.9 Å². The van der Waals surface area contributed by atoms with E-state index in [4.69, 9.17) is 11.5 Å². The van der Waals surface area contributed by atoms with Crippen LogP contribution in [-0.2, 0) is 30.4 Å². The summed E-state index contributed by atoms with van der Waals surface area (Å²) in [5, 5.41) is 16.2. The van der Waals surface area contributed by atoms with E-state index in [1.165, 1.54) is 0 Å². The van der Waals surface area contributed by atoms with Gasteiger partial charge in [0.2, 0.25) is 0 Å². The number of nitrogen functional groups attached to an aromatic ring is 2. The number of hydrogen-bond acceptors (Lipinski definition) is 17. The molecule has 0 bridgehead atoms. The summed E-state index contributed by atoms with van der Waals surface area (Å²) in [5.41, 5.74) is 8.48. The van der Waals surface area contributed by atoms with Crippen molar-refractivity contribution in [3.8, 4) is 5.75 Å². The van der Waals surface area contributed by atoms with Gasteiger partial charge in [0.25, 0.3) is 30.4 Å². The van der Waals surface area contributed by atoms with E-state index >= 15 is 0 Å². The van der Waals surface area contributed by atoms with Crippen LogP contribution in [0, 0.1) is 14.7 Å². The number of benzene rings is 4. The van der Waals surface area contributed by atoms with E-state index in [0.717, 1.165) is 30.3 Å². The molecule has 0 radical (unpaired) electrons. The molecule has 0 aromatic heterocycles. The van der Waals surface area contributed by atoms with Gasteiger partial charge in [0.05, 0.1) is 21.7 Å². The van der Waals surface area contributed by atoms with Crippen molar-refractivity contribution >= 4 is 85.2 Å². The molecule has 0 aliphatic carbocycles. The van der Waals surface area contributed by atoms with Crippen molar-refractivity contribution in [3.63, 3.8) is 0 Å². The van der Waals surface area contributed by atoms with E-state index in [-0.39, 0.29) is 5.39 Å². The molecule has 0 atom stereocenters. The largest absolute Gasteiger partial charge is 0.505 e. The summed E-state index contributed by atoms with van der Waals surface area (Å²) in [6.07, 6.45) is 0. The van der Waals surface area contributed by atoms with Crippen molar-refractivity contribution < 1.29 is 44.0 Å². The fourth-order valence-electron chi connectivity index (χ4n) is 4.19. The molecular formula is C20H15N7O13S4. The molecule has 4 aromatic rings. The molecule has 0 aliphatic rings. The highest BCUT2D eigenvalue weighted by atomic mass is 32.3. The van der Waals surface area contributed by atoms with Crippen LogP contribution in [0.3, 0.4) is 0 Å². The second-order valence-electron chi connectivity index (χ2n) is 8.50. The van der Waals surface area contributed by atoms with Gasteiger partial charge < -0.3 is 16.6 Å². The number of phenolic OH excluding ortho intramolecular Hbond substituents is 1. The zero-order chi connectivity index (χ0) is 33.0. The van der Waals surface area contributed by atoms with Crippen LogP contribution in [0.2, 0.25) is 0 Å². The smallest absolute Gasteiger partial charge is 0.297 e. The van der Waals surface area contributed by atoms with E-state index in [9.17, 15) is 58.7 Å². The third-order valence-electron chi connectivity index (χ3n) is 6.01. The fourth-order valence-corrected chi connectivity index (χ4v) is 7.40. The standard InChI is InChI=1S/C20H15N7O13S4/c21-16-13(43(35,36)37)6-8-7-14(41(25-29,26-30)27-31)18(17(22)15(8)19(16)28)24-23-11-5-4-9-10(20(11)44(38,39)40)2-1-3-12(9)42(32,33)34/h1-7,28H,21-22H2,(H,32,33,34)(H,35,36,37)(H,38,39,40). The van der Waals surface area contributed by atoms with E-state index in [1.54, 1.807) is 0 Å². The number of nitrogens with zero attached hydrogens (tertiary/aromatic N) is 5. The molecular weight excluding hydrogens is 675 g/mol. The van der Waals surface area contributed by atoms with Crippen molar-refractivity contribution in [2.24, 2.45) is 24.0 Å². The third-order valence-corrected chi connectivity index (χ3v) is 10.3. The number of hydrogen-bond donors (Lipinski definition) is 6. The van der Waals surface area contributed by atoms with Gasteiger partial charge in [0.15, 0.2) is 10.6 Å². The Morgan fingerprint density at radius 3 is 1.73 bits per heavy atom. The SMILES string of the molecule is Nc1c(S(=O)(=O)O)cc2cc(S(N=O)(N=O)N=O)c(N=Nc3ccc4c(S(=O)(=O)O)cccc4c3S(=O)(=O)O)c(N)c2c1O. The van der Waals surface area contributed by atoms with Gasteiger partial charge in [-0.3, -0.25) is 13.7 Å². The van der Waals surface area contributed by atoms with E-state index in [0.29, 0.717) is 12.1 Å². The molecule has 4 rings (SSSR count). The molecule has 0 amide bonds. The summed E-state index contributed by atoms with van der Waals surface area (Å²) in [6.45, 7) is 0. The molecule has 8 N–H and O–H groups in total. The minimum Gasteiger partial charge on any atom is -0.505 e. The molecule has 0 fully saturated rings. The molecule has 0 saturated carbocycles. The molecule has 0 saturated heterocycles. The van der Waals surface area contributed by atoms with Crippen LogP contribution in [0.15, 0.2) is 86.0 Å². The van der Waals surface area contributed by atoms with Crippen LogP contribution >= 0.6 is 10.6 Å². The highest BCUT2D eigenvalue weighted by Gasteiger charge is 2.37. The maximum absolute atomic E-state index is 12.4. The van der Waals surface area contributed by atoms with Crippen molar-refractivity contribution in [3.05, 3.63) is 57.2 Å². The Balaban J connectivity index is 2.15. The lowest BCUT2D eigenvalue weighted by molar-refractivity contribution is 0.473. The van der Waals surface area contributed by atoms with Crippen LogP contribution in [-0.4, -0.2) is 44.0 Å². The molecule has 4 aromatic carbocycles. The summed E-state index contributed by atoms with van der Waals surface area (Å²) in [7, 11) is -19.7. The van der Waals surface area contributed by atoms with Gasteiger partial charge in [-0.1, -0.05) is 18.2 Å². The predicted molar refractivity (Wildman–Crippen MR) is 155 cm³/mol. The molecule has 44 heavy (non-hydrogen) atoms. The average molecular weight is 690 g/mol. The van der Waals surface area contributed by atoms with Crippen LogP contribution in [0.4, 0.5) is 22.7 Å². The normalized spacial score (nSPS) is 13.3. The summed E-state index contributed by atoms with van der Waals surface area (Å²) < 4.78 is 108. The Kier molecular flexibility index (Phi) is 7.88. The lowest BCUT2D eigenvalue weighted by atomic mass is 10.1. The molecule has 0 aliphatic heterocycles. The molecule has 20 nitrogen and oxygen atoms in total. The van der Waals surface area contributed by atoms with Gasteiger partial charge >= 0.3 is 0 Å². The van der Waals surface area contributed by atoms with Gasteiger partial charge in [-0.05, 0) is 29.7 Å². The highest BCUT2D eigenvalue weighted by molar-refractivity contribution is 8.30. The number of nitrogens with two attached hydrogens (primary N) is 2. The maximum atomic E-state index is 12.4. The first-order valence-corrected chi connectivity index (χ1v) is 16.8. The number of rotatable bonds is 9. The zero-order valence-electron chi connectivity index (χ0n) is 21.0. The van der Waals surface area contributed by atoms with Crippen molar-refractivity contribution in [2.75, 3.05) is 11.5 Å². The molecule has 0 unspecified atom stereocenters. The molecule has 232 valence electrons. The first-order valence-electron chi connectivity index (χ1n) is 11.0. The maximum Gasteiger partial charge on any atom is 0.297 e. The van der Waals surface area contributed by atoms with Gasteiger partial charge in [-0.2, -0.15) is 25.3 Å². The van der Waals surface area contributed by atoms with Crippen LogP contribution < -0.4 is 11.5 Å².